The van der Waals surface area contributed by atoms with Crippen LogP contribution in [0.15, 0.2) is 47.4 Å². The Bertz CT molecular complexity index is 1320. The number of hydrogen-bond donors (Lipinski definition) is 0. The summed E-state index contributed by atoms with van der Waals surface area (Å²) in [4.78, 5) is 22.2. The van der Waals surface area contributed by atoms with Crippen LogP contribution >= 0.6 is 11.3 Å². The van der Waals surface area contributed by atoms with E-state index in [2.05, 4.69) is 43.9 Å². The fourth-order valence-corrected chi connectivity index (χ4v) is 7.95. The molecule has 2 atom stereocenters. The van der Waals surface area contributed by atoms with Gasteiger partial charge in [-0.2, -0.15) is 4.31 Å². The van der Waals surface area contributed by atoms with E-state index in [1.807, 2.05) is 4.90 Å². The van der Waals surface area contributed by atoms with Gasteiger partial charge in [0.2, 0.25) is 10.0 Å². The molecule has 2 fully saturated rings. The third-order valence-electron chi connectivity index (χ3n) is 6.94. The highest BCUT2D eigenvalue weighted by Gasteiger charge is 2.32. The Balaban J connectivity index is 1.23. The highest BCUT2D eigenvalue weighted by molar-refractivity contribution is 7.89. The number of benzene rings is 2. The van der Waals surface area contributed by atoms with Gasteiger partial charge in [0.1, 0.15) is 0 Å². The lowest BCUT2D eigenvalue weighted by Gasteiger charge is -2.35. The molecule has 3 heterocycles. The van der Waals surface area contributed by atoms with Gasteiger partial charge >= 0.3 is 0 Å². The highest BCUT2D eigenvalue weighted by Crippen LogP contribution is 2.30. The summed E-state index contributed by atoms with van der Waals surface area (Å²) in [6, 6.07) is 12.7. The molecule has 0 spiro atoms. The number of carbonyl (C=O) groups excluding carboxylic acids is 1. The Hall–Kier alpha value is -2.49. The Kier molecular flexibility index (Phi) is 6.59. The third kappa shape index (κ3) is 4.94. The zero-order valence-electron chi connectivity index (χ0n) is 20.5. The summed E-state index contributed by atoms with van der Waals surface area (Å²) in [5, 5.41) is 0.994. The van der Waals surface area contributed by atoms with E-state index >= 15 is 0 Å². The number of rotatable bonds is 4. The van der Waals surface area contributed by atoms with Gasteiger partial charge in [-0.3, -0.25) is 4.79 Å². The highest BCUT2D eigenvalue weighted by atomic mass is 32.2. The first-order valence-corrected chi connectivity index (χ1v) is 14.5. The van der Waals surface area contributed by atoms with Gasteiger partial charge in [0.05, 0.1) is 15.1 Å². The molecule has 186 valence electrons. The summed E-state index contributed by atoms with van der Waals surface area (Å²) in [7, 11) is -3.55. The number of carbonyl (C=O) groups is 1. The van der Waals surface area contributed by atoms with Crippen LogP contribution < -0.4 is 4.90 Å². The number of fused-ring (bicyclic) bond motifs is 1. The van der Waals surface area contributed by atoms with Crippen molar-refractivity contribution < 1.29 is 13.2 Å². The molecule has 1 amide bonds. The van der Waals surface area contributed by atoms with Crippen LogP contribution in [0.25, 0.3) is 10.2 Å². The van der Waals surface area contributed by atoms with Crippen molar-refractivity contribution in [3.8, 4) is 0 Å². The van der Waals surface area contributed by atoms with Crippen LogP contribution in [-0.2, 0) is 10.0 Å². The van der Waals surface area contributed by atoms with Gasteiger partial charge in [0, 0.05) is 44.8 Å². The minimum Gasteiger partial charge on any atom is -0.345 e. The van der Waals surface area contributed by atoms with Crippen molar-refractivity contribution in [1.29, 1.82) is 0 Å². The molecule has 9 heteroatoms. The number of anilines is 1. The number of thiazole rings is 1. The Morgan fingerprint density at radius 2 is 1.63 bits per heavy atom. The van der Waals surface area contributed by atoms with E-state index in [0.717, 1.165) is 30.2 Å². The molecule has 35 heavy (non-hydrogen) atoms. The molecule has 0 bridgehead atoms. The molecule has 0 radical (unpaired) electrons. The maximum atomic E-state index is 13.1. The van der Waals surface area contributed by atoms with Crippen LogP contribution in [0.4, 0.5) is 5.13 Å². The van der Waals surface area contributed by atoms with Crippen LogP contribution in [0, 0.1) is 18.8 Å². The fourth-order valence-electron chi connectivity index (χ4n) is 5.16. The van der Waals surface area contributed by atoms with E-state index in [1.165, 1.54) is 10.3 Å². The second-order valence-electron chi connectivity index (χ2n) is 10.0. The first kappa shape index (κ1) is 24.2. The number of nitrogens with zero attached hydrogens (tertiary/aromatic N) is 4. The van der Waals surface area contributed by atoms with Crippen LogP contribution in [-0.4, -0.2) is 67.8 Å². The second kappa shape index (κ2) is 9.52. The quantitative estimate of drug-likeness (QED) is 0.523. The number of aryl methyl sites for hydroxylation is 1. The van der Waals surface area contributed by atoms with Crippen LogP contribution in [0.3, 0.4) is 0 Å². The molecule has 2 aromatic carbocycles. The van der Waals surface area contributed by atoms with E-state index in [-0.39, 0.29) is 10.8 Å². The number of hydrogen-bond acceptors (Lipinski definition) is 6. The number of piperazine rings is 1. The second-order valence-corrected chi connectivity index (χ2v) is 13.0. The van der Waals surface area contributed by atoms with Gasteiger partial charge in [-0.25, -0.2) is 13.4 Å². The van der Waals surface area contributed by atoms with Crippen LogP contribution in [0.1, 0.15) is 36.2 Å². The largest absolute Gasteiger partial charge is 0.345 e. The Labute approximate surface area is 211 Å². The van der Waals surface area contributed by atoms with Gasteiger partial charge in [-0.1, -0.05) is 31.3 Å². The molecule has 7 nitrogen and oxygen atoms in total. The van der Waals surface area contributed by atoms with E-state index in [9.17, 15) is 13.2 Å². The fraction of sp³-hybridized carbons (Fsp3) is 0.462. The Morgan fingerprint density at radius 3 is 2.29 bits per heavy atom. The summed E-state index contributed by atoms with van der Waals surface area (Å²) in [5.74, 6) is 0.633. The average molecular weight is 513 g/mol. The number of aromatic nitrogens is 1. The topological polar surface area (TPSA) is 73.8 Å². The first-order chi connectivity index (χ1) is 16.7. The summed E-state index contributed by atoms with van der Waals surface area (Å²) in [6.07, 6.45) is 1.05. The smallest absolute Gasteiger partial charge is 0.253 e. The summed E-state index contributed by atoms with van der Waals surface area (Å²) < 4.78 is 29.0. The molecule has 0 N–H and O–H groups in total. The number of sulfonamides is 1. The molecule has 2 aliphatic heterocycles. The summed E-state index contributed by atoms with van der Waals surface area (Å²) in [6.45, 7) is 10.0. The van der Waals surface area contributed by atoms with Crippen molar-refractivity contribution in [3.63, 3.8) is 0 Å². The van der Waals surface area contributed by atoms with Crippen molar-refractivity contribution in [2.75, 3.05) is 44.2 Å². The van der Waals surface area contributed by atoms with Gasteiger partial charge in [-0.05, 0) is 67.1 Å². The van der Waals surface area contributed by atoms with Gasteiger partial charge in [-0.15, -0.1) is 0 Å². The maximum absolute atomic E-state index is 13.1. The molecular formula is C26H32N4O3S2. The predicted octanol–water partition coefficient (Wildman–Crippen LogP) is 4.23. The lowest BCUT2D eigenvalue weighted by molar-refractivity contribution is 0.0746. The standard InChI is InChI=1S/C26H32N4O3S2/c1-18-4-9-23-24(15-18)34-26(27-23)29-12-10-28(11-13-29)25(31)21-5-7-22(8-6-21)35(32,33)30-16-19(2)14-20(3)17-30/h4-9,15,19-20H,10-14,16-17H2,1-3H3. The lowest BCUT2D eigenvalue weighted by Crippen LogP contribution is -2.48. The van der Waals surface area contributed by atoms with Crippen molar-refractivity contribution in [2.45, 2.75) is 32.1 Å². The zero-order chi connectivity index (χ0) is 24.7. The van der Waals surface area contributed by atoms with E-state index in [4.69, 9.17) is 4.98 Å². The molecule has 2 unspecified atom stereocenters. The van der Waals surface area contributed by atoms with Crippen molar-refractivity contribution in [2.24, 2.45) is 11.8 Å². The molecule has 5 rings (SSSR count). The minimum atomic E-state index is -3.55. The monoisotopic (exact) mass is 512 g/mol. The molecule has 0 aliphatic carbocycles. The van der Waals surface area contributed by atoms with Crippen molar-refractivity contribution in [3.05, 3.63) is 53.6 Å². The van der Waals surface area contributed by atoms with Gasteiger partial charge < -0.3 is 9.80 Å². The SMILES string of the molecule is Cc1ccc2nc(N3CCN(C(=O)c4ccc(S(=O)(=O)N5CC(C)CC(C)C5)cc4)CC3)sc2c1. The third-order valence-corrected chi connectivity index (χ3v) is 9.87. The molecule has 3 aromatic rings. The van der Waals surface area contributed by atoms with Crippen LogP contribution in [0.5, 0.6) is 0 Å². The predicted molar refractivity (Wildman–Crippen MR) is 141 cm³/mol. The normalized spacial score (nSPS) is 22.0. The van der Waals surface area contributed by atoms with E-state index in [1.54, 1.807) is 39.9 Å². The van der Waals surface area contributed by atoms with E-state index < -0.39 is 10.0 Å². The Morgan fingerprint density at radius 1 is 0.971 bits per heavy atom. The molecule has 1 aromatic heterocycles. The molecule has 2 saturated heterocycles. The summed E-state index contributed by atoms with van der Waals surface area (Å²) in [5.41, 5.74) is 2.76. The minimum absolute atomic E-state index is 0.0614. The average Bonchev–Trinajstić information content (AvgIpc) is 3.26. The maximum Gasteiger partial charge on any atom is 0.253 e. The van der Waals surface area contributed by atoms with Gasteiger partial charge in [0.25, 0.3) is 5.91 Å². The van der Waals surface area contributed by atoms with Crippen LogP contribution in [0.2, 0.25) is 0 Å². The summed E-state index contributed by atoms with van der Waals surface area (Å²) >= 11 is 1.69. The molecular weight excluding hydrogens is 480 g/mol. The van der Waals surface area contributed by atoms with E-state index in [0.29, 0.717) is 43.6 Å². The molecule has 2 aliphatic rings. The van der Waals surface area contributed by atoms with Crippen molar-refractivity contribution >= 4 is 42.6 Å². The van der Waals surface area contributed by atoms with Gasteiger partial charge in [0.15, 0.2) is 5.13 Å². The first-order valence-electron chi connectivity index (χ1n) is 12.2. The lowest BCUT2D eigenvalue weighted by atomic mass is 9.94. The number of piperidine rings is 1. The zero-order valence-corrected chi connectivity index (χ0v) is 22.1. The van der Waals surface area contributed by atoms with Crippen molar-refractivity contribution in [1.82, 2.24) is 14.2 Å². The molecule has 0 saturated carbocycles. The number of amides is 1.